The van der Waals surface area contributed by atoms with Crippen molar-refractivity contribution in [1.82, 2.24) is 0 Å². The number of rotatable bonds is 4. The van der Waals surface area contributed by atoms with Gasteiger partial charge >= 0.3 is 0 Å². The molecule has 0 spiro atoms. The summed E-state index contributed by atoms with van der Waals surface area (Å²) in [6.07, 6.45) is 5.22. The van der Waals surface area contributed by atoms with E-state index in [0.29, 0.717) is 16.5 Å². The highest BCUT2D eigenvalue weighted by Gasteiger charge is 2.34. The van der Waals surface area contributed by atoms with E-state index in [1.54, 1.807) is 28.8 Å². The topological polar surface area (TPSA) is 29.5 Å². The molecule has 2 aromatic rings. The molecular formula is C18H13BrClNO2S. The molecule has 0 radical (unpaired) electrons. The Kier molecular flexibility index (Phi) is 5.40. The van der Waals surface area contributed by atoms with Crippen LogP contribution in [0.15, 0.2) is 46.9 Å². The molecule has 1 aliphatic heterocycles. The van der Waals surface area contributed by atoms with Crippen LogP contribution in [0.3, 0.4) is 0 Å². The third-order valence-electron chi connectivity index (χ3n) is 3.52. The Morgan fingerprint density at radius 1 is 1.33 bits per heavy atom. The van der Waals surface area contributed by atoms with Crippen LogP contribution in [-0.4, -0.2) is 18.3 Å². The number of ether oxygens (including phenoxy) is 1. The molecule has 1 aliphatic rings. The maximum atomic E-state index is 12.4. The fraction of sp³-hybridized carbons (Fsp3) is 0.167. The van der Waals surface area contributed by atoms with Crippen molar-refractivity contribution in [2.75, 3.05) is 17.3 Å². The minimum Gasteiger partial charge on any atom is -0.480 e. The molecule has 0 bridgehead atoms. The largest absolute Gasteiger partial charge is 0.480 e. The highest BCUT2D eigenvalue weighted by Crippen LogP contribution is 2.43. The third-order valence-corrected chi connectivity index (χ3v) is 5.61. The van der Waals surface area contributed by atoms with E-state index in [9.17, 15) is 4.79 Å². The van der Waals surface area contributed by atoms with Crippen LogP contribution in [0.25, 0.3) is 0 Å². The van der Waals surface area contributed by atoms with Crippen molar-refractivity contribution in [3.05, 3.63) is 57.5 Å². The Hall–Kier alpha value is -1.61. The first kappa shape index (κ1) is 17.2. The van der Waals surface area contributed by atoms with Gasteiger partial charge in [0.05, 0.1) is 10.2 Å². The van der Waals surface area contributed by atoms with E-state index in [0.717, 1.165) is 15.7 Å². The fourth-order valence-electron chi connectivity index (χ4n) is 2.46. The van der Waals surface area contributed by atoms with Gasteiger partial charge in [0.25, 0.3) is 0 Å². The quantitative estimate of drug-likeness (QED) is 0.657. The van der Waals surface area contributed by atoms with Crippen molar-refractivity contribution in [1.29, 1.82) is 0 Å². The number of carbonyl (C=O) groups excluding carboxylic acids is 1. The van der Waals surface area contributed by atoms with Crippen LogP contribution in [0.1, 0.15) is 10.9 Å². The first-order chi connectivity index (χ1) is 11.6. The number of terminal acetylenes is 1. The lowest BCUT2D eigenvalue weighted by molar-refractivity contribution is -0.115. The summed E-state index contributed by atoms with van der Waals surface area (Å²) in [6.45, 7) is 0.214. The Bertz CT molecular complexity index is 804. The molecule has 24 heavy (non-hydrogen) atoms. The molecule has 0 unspecified atom stereocenters. The average Bonchev–Trinajstić information content (AvgIpc) is 2.96. The molecular weight excluding hydrogens is 410 g/mol. The van der Waals surface area contributed by atoms with Gasteiger partial charge in [0.15, 0.2) is 0 Å². The smallest absolute Gasteiger partial charge is 0.238 e. The Labute approximate surface area is 158 Å². The number of hydrogen-bond donors (Lipinski definition) is 0. The molecule has 3 nitrogen and oxygen atoms in total. The van der Waals surface area contributed by atoms with Crippen LogP contribution >= 0.6 is 39.3 Å². The number of anilines is 1. The monoisotopic (exact) mass is 421 g/mol. The molecule has 1 heterocycles. The van der Waals surface area contributed by atoms with E-state index >= 15 is 0 Å². The molecule has 122 valence electrons. The molecule has 1 saturated heterocycles. The number of halogens is 2. The SMILES string of the molecule is C#CCOc1ccc([C@H]2SCC(=O)N2c2ccc(Cl)cc2)cc1Br. The van der Waals surface area contributed by atoms with Gasteiger partial charge in [-0.25, -0.2) is 0 Å². The fourth-order valence-corrected chi connectivity index (χ4v) is 4.26. The average molecular weight is 423 g/mol. The summed E-state index contributed by atoms with van der Waals surface area (Å²) in [5.41, 5.74) is 1.85. The summed E-state index contributed by atoms with van der Waals surface area (Å²) in [5, 5.41) is 0.559. The van der Waals surface area contributed by atoms with Crippen LogP contribution in [-0.2, 0) is 4.79 Å². The number of carbonyl (C=O) groups is 1. The van der Waals surface area contributed by atoms with Gasteiger partial charge in [-0.15, -0.1) is 18.2 Å². The standard InChI is InChI=1S/C18H13BrClNO2S/c1-2-9-23-16-8-3-12(10-15(16)19)18-21(17(22)11-24-18)14-6-4-13(20)5-7-14/h1,3-8,10,18H,9,11H2/t18-/m1/s1. The summed E-state index contributed by atoms with van der Waals surface area (Å²) in [4.78, 5) is 14.1. The van der Waals surface area contributed by atoms with Crippen molar-refractivity contribution in [2.24, 2.45) is 0 Å². The predicted octanol–water partition coefficient (Wildman–Crippen LogP) is 4.89. The second-order valence-electron chi connectivity index (χ2n) is 5.09. The molecule has 0 N–H and O–H groups in total. The number of hydrogen-bond acceptors (Lipinski definition) is 3. The lowest BCUT2D eigenvalue weighted by Crippen LogP contribution is -2.27. The van der Waals surface area contributed by atoms with Crippen molar-refractivity contribution >= 4 is 50.9 Å². The molecule has 0 saturated carbocycles. The van der Waals surface area contributed by atoms with Gasteiger partial charge in [0.1, 0.15) is 17.7 Å². The zero-order valence-corrected chi connectivity index (χ0v) is 15.7. The zero-order valence-electron chi connectivity index (χ0n) is 12.5. The van der Waals surface area contributed by atoms with Gasteiger partial charge in [0.2, 0.25) is 5.91 Å². The molecule has 3 rings (SSSR count). The summed E-state index contributed by atoms with van der Waals surface area (Å²) >= 11 is 11.0. The number of nitrogens with zero attached hydrogens (tertiary/aromatic N) is 1. The first-order valence-corrected chi connectivity index (χ1v) is 9.37. The van der Waals surface area contributed by atoms with E-state index in [4.69, 9.17) is 22.8 Å². The highest BCUT2D eigenvalue weighted by atomic mass is 79.9. The molecule has 1 amide bonds. The van der Waals surface area contributed by atoms with Crippen LogP contribution in [0.4, 0.5) is 5.69 Å². The van der Waals surface area contributed by atoms with E-state index < -0.39 is 0 Å². The maximum absolute atomic E-state index is 12.4. The van der Waals surface area contributed by atoms with E-state index in [1.807, 2.05) is 30.3 Å². The maximum Gasteiger partial charge on any atom is 0.238 e. The normalized spacial score (nSPS) is 17.0. The van der Waals surface area contributed by atoms with E-state index in [2.05, 4.69) is 21.9 Å². The van der Waals surface area contributed by atoms with Gasteiger partial charge in [-0.2, -0.15) is 0 Å². The predicted molar refractivity (Wildman–Crippen MR) is 103 cm³/mol. The molecule has 1 atom stereocenters. The number of thioether (sulfide) groups is 1. The Balaban J connectivity index is 1.90. The zero-order chi connectivity index (χ0) is 17.1. The summed E-state index contributed by atoms with van der Waals surface area (Å²) < 4.78 is 6.28. The van der Waals surface area contributed by atoms with Crippen LogP contribution in [0.2, 0.25) is 5.02 Å². The summed E-state index contributed by atoms with van der Waals surface area (Å²) in [5.74, 6) is 3.65. The van der Waals surface area contributed by atoms with Crippen LogP contribution < -0.4 is 9.64 Å². The second-order valence-corrected chi connectivity index (χ2v) is 7.45. The lowest BCUT2D eigenvalue weighted by Gasteiger charge is -2.25. The van der Waals surface area contributed by atoms with Crippen molar-refractivity contribution < 1.29 is 9.53 Å². The van der Waals surface area contributed by atoms with Gasteiger partial charge in [-0.05, 0) is 57.9 Å². The van der Waals surface area contributed by atoms with Gasteiger partial charge < -0.3 is 4.74 Å². The highest BCUT2D eigenvalue weighted by molar-refractivity contribution is 9.10. The summed E-state index contributed by atoms with van der Waals surface area (Å²) in [7, 11) is 0. The van der Waals surface area contributed by atoms with Gasteiger partial charge in [-0.3, -0.25) is 9.69 Å². The molecule has 0 aromatic heterocycles. The minimum absolute atomic E-state index is 0.0797. The number of benzene rings is 2. The third kappa shape index (κ3) is 3.56. The first-order valence-electron chi connectivity index (χ1n) is 7.15. The van der Waals surface area contributed by atoms with Crippen LogP contribution in [0, 0.1) is 12.3 Å². The lowest BCUT2D eigenvalue weighted by atomic mass is 10.2. The Morgan fingerprint density at radius 2 is 2.08 bits per heavy atom. The van der Waals surface area contributed by atoms with Gasteiger partial charge in [-0.1, -0.05) is 23.6 Å². The van der Waals surface area contributed by atoms with E-state index in [-0.39, 0.29) is 17.9 Å². The molecule has 1 fully saturated rings. The van der Waals surface area contributed by atoms with E-state index in [1.165, 1.54) is 0 Å². The van der Waals surface area contributed by atoms with Crippen LogP contribution in [0.5, 0.6) is 5.75 Å². The minimum atomic E-state index is -0.0864. The van der Waals surface area contributed by atoms with Crippen molar-refractivity contribution in [3.63, 3.8) is 0 Å². The Morgan fingerprint density at radius 3 is 2.75 bits per heavy atom. The van der Waals surface area contributed by atoms with Gasteiger partial charge in [0, 0.05) is 10.7 Å². The number of amides is 1. The second kappa shape index (κ2) is 7.52. The molecule has 6 heteroatoms. The van der Waals surface area contributed by atoms with Crippen molar-refractivity contribution in [2.45, 2.75) is 5.37 Å². The molecule has 0 aliphatic carbocycles. The summed E-state index contributed by atoms with van der Waals surface area (Å²) in [6, 6.07) is 13.1. The molecule has 2 aromatic carbocycles. The van der Waals surface area contributed by atoms with Crippen molar-refractivity contribution in [3.8, 4) is 18.1 Å².